The SMILES string of the molecule is CN(C)/C(N)=C1\CCN(C(=O)C2CC2)C1=O. The van der Waals surface area contributed by atoms with Crippen LogP contribution in [0.5, 0.6) is 0 Å². The standard InChI is InChI=1S/C11H17N3O2/c1-13(2)9(12)8-5-6-14(11(8)16)10(15)7-3-4-7/h7H,3-6,12H2,1-2H3/b9-8+. The first-order valence-electron chi connectivity index (χ1n) is 5.54. The van der Waals surface area contributed by atoms with Crippen molar-refractivity contribution in [2.75, 3.05) is 20.6 Å². The number of carbonyl (C=O) groups is 2. The smallest absolute Gasteiger partial charge is 0.260 e. The van der Waals surface area contributed by atoms with Crippen LogP contribution in [0.25, 0.3) is 0 Å². The Morgan fingerprint density at radius 2 is 2.06 bits per heavy atom. The fraction of sp³-hybridized carbons (Fsp3) is 0.636. The number of carbonyl (C=O) groups excluding carboxylic acids is 2. The lowest BCUT2D eigenvalue weighted by Gasteiger charge is -2.15. The molecule has 1 aliphatic carbocycles. The molecule has 0 aromatic carbocycles. The maximum Gasteiger partial charge on any atom is 0.260 e. The number of likely N-dealkylation sites (tertiary alicyclic amines) is 1. The van der Waals surface area contributed by atoms with E-state index in [4.69, 9.17) is 5.73 Å². The maximum absolute atomic E-state index is 12.0. The lowest BCUT2D eigenvalue weighted by Crippen LogP contribution is -2.34. The highest BCUT2D eigenvalue weighted by Crippen LogP contribution is 2.33. The topological polar surface area (TPSA) is 66.6 Å². The summed E-state index contributed by atoms with van der Waals surface area (Å²) in [5, 5.41) is 0. The molecule has 2 rings (SSSR count). The molecule has 1 heterocycles. The average molecular weight is 223 g/mol. The first kappa shape index (κ1) is 11.0. The molecule has 0 bridgehead atoms. The van der Waals surface area contributed by atoms with Crippen LogP contribution in [0.3, 0.4) is 0 Å². The molecule has 1 saturated carbocycles. The number of imide groups is 1. The summed E-state index contributed by atoms with van der Waals surface area (Å²) in [6.07, 6.45) is 2.41. The van der Waals surface area contributed by atoms with Crippen LogP contribution in [0.15, 0.2) is 11.4 Å². The lowest BCUT2D eigenvalue weighted by atomic mass is 10.2. The van der Waals surface area contributed by atoms with Crippen molar-refractivity contribution < 1.29 is 9.59 Å². The predicted octanol–water partition coefficient (Wildman–Crippen LogP) is -0.113. The molecule has 88 valence electrons. The summed E-state index contributed by atoms with van der Waals surface area (Å²) in [4.78, 5) is 26.8. The van der Waals surface area contributed by atoms with Crippen molar-refractivity contribution in [1.29, 1.82) is 0 Å². The number of rotatable bonds is 2. The quantitative estimate of drug-likeness (QED) is 0.524. The molecule has 2 N–H and O–H groups in total. The van der Waals surface area contributed by atoms with Gasteiger partial charge in [-0.2, -0.15) is 0 Å². The van der Waals surface area contributed by atoms with E-state index in [2.05, 4.69) is 0 Å². The van der Waals surface area contributed by atoms with Crippen molar-refractivity contribution >= 4 is 11.8 Å². The third-order valence-electron chi connectivity index (χ3n) is 3.07. The number of hydrogen-bond donors (Lipinski definition) is 1. The second-order valence-corrected chi connectivity index (χ2v) is 4.58. The van der Waals surface area contributed by atoms with Gasteiger partial charge >= 0.3 is 0 Å². The lowest BCUT2D eigenvalue weighted by molar-refractivity contribution is -0.141. The molecule has 16 heavy (non-hydrogen) atoms. The monoisotopic (exact) mass is 223 g/mol. The third-order valence-corrected chi connectivity index (χ3v) is 3.07. The van der Waals surface area contributed by atoms with Crippen LogP contribution in [0.2, 0.25) is 0 Å². The highest BCUT2D eigenvalue weighted by molar-refractivity contribution is 6.07. The number of nitrogens with zero attached hydrogens (tertiary/aromatic N) is 2. The summed E-state index contributed by atoms with van der Waals surface area (Å²) in [6.45, 7) is 0.484. The fourth-order valence-electron chi connectivity index (χ4n) is 1.86. The van der Waals surface area contributed by atoms with Gasteiger partial charge in [0.05, 0.1) is 5.57 Å². The molecule has 0 radical (unpaired) electrons. The minimum absolute atomic E-state index is 0.0217. The Morgan fingerprint density at radius 3 is 2.56 bits per heavy atom. The summed E-state index contributed by atoms with van der Waals surface area (Å²) >= 11 is 0. The van der Waals surface area contributed by atoms with Gasteiger partial charge in [0, 0.05) is 26.6 Å². The average Bonchev–Trinajstić information content (AvgIpc) is 3.00. The van der Waals surface area contributed by atoms with Gasteiger partial charge in [0.2, 0.25) is 5.91 Å². The zero-order valence-corrected chi connectivity index (χ0v) is 9.69. The summed E-state index contributed by atoms with van der Waals surface area (Å²) in [7, 11) is 3.59. The second-order valence-electron chi connectivity index (χ2n) is 4.58. The van der Waals surface area contributed by atoms with Gasteiger partial charge in [-0.15, -0.1) is 0 Å². The zero-order valence-electron chi connectivity index (χ0n) is 9.69. The highest BCUT2D eigenvalue weighted by Gasteiger charge is 2.40. The minimum atomic E-state index is -0.205. The number of nitrogens with two attached hydrogens (primary N) is 1. The van der Waals surface area contributed by atoms with Crippen LogP contribution in [-0.2, 0) is 9.59 Å². The second kappa shape index (κ2) is 3.81. The molecular weight excluding hydrogens is 206 g/mol. The molecule has 0 spiro atoms. The van der Waals surface area contributed by atoms with Crippen molar-refractivity contribution in [3.8, 4) is 0 Å². The van der Waals surface area contributed by atoms with Gasteiger partial charge in [0.25, 0.3) is 5.91 Å². The van der Waals surface area contributed by atoms with Gasteiger partial charge in [0.1, 0.15) is 5.82 Å². The van der Waals surface area contributed by atoms with Gasteiger partial charge in [-0.25, -0.2) is 0 Å². The van der Waals surface area contributed by atoms with Crippen LogP contribution in [0.4, 0.5) is 0 Å². The van der Waals surface area contributed by atoms with Crippen molar-refractivity contribution in [3.63, 3.8) is 0 Å². The predicted molar refractivity (Wildman–Crippen MR) is 59.0 cm³/mol. The van der Waals surface area contributed by atoms with Crippen LogP contribution in [0.1, 0.15) is 19.3 Å². The van der Waals surface area contributed by atoms with Gasteiger partial charge < -0.3 is 10.6 Å². The van der Waals surface area contributed by atoms with Crippen LogP contribution in [0, 0.1) is 5.92 Å². The van der Waals surface area contributed by atoms with Crippen molar-refractivity contribution in [2.45, 2.75) is 19.3 Å². The molecule has 2 fully saturated rings. The minimum Gasteiger partial charge on any atom is -0.385 e. The molecule has 1 saturated heterocycles. The Labute approximate surface area is 94.9 Å². The van der Waals surface area contributed by atoms with Crippen molar-refractivity contribution in [1.82, 2.24) is 9.80 Å². The molecule has 5 heteroatoms. The third kappa shape index (κ3) is 1.77. The molecule has 1 aliphatic heterocycles. The fourth-order valence-corrected chi connectivity index (χ4v) is 1.86. The molecule has 0 atom stereocenters. The summed E-state index contributed by atoms with van der Waals surface area (Å²) in [5.74, 6) is 0.328. The maximum atomic E-state index is 12.0. The normalized spacial score (nSPS) is 23.6. The molecule has 0 aromatic rings. The molecule has 2 amide bonds. The Hall–Kier alpha value is -1.52. The molecular formula is C11H17N3O2. The van der Waals surface area contributed by atoms with Gasteiger partial charge in [-0.1, -0.05) is 0 Å². The first-order valence-corrected chi connectivity index (χ1v) is 5.54. The van der Waals surface area contributed by atoms with Crippen LogP contribution >= 0.6 is 0 Å². The Morgan fingerprint density at radius 1 is 1.44 bits per heavy atom. The van der Waals surface area contributed by atoms with E-state index in [9.17, 15) is 9.59 Å². The van der Waals surface area contributed by atoms with Gasteiger partial charge in [-0.05, 0) is 19.3 Å². The first-order chi connectivity index (χ1) is 7.52. The molecule has 0 aromatic heterocycles. The number of amides is 2. The Balaban J connectivity index is 2.15. The van der Waals surface area contributed by atoms with E-state index in [0.717, 1.165) is 12.8 Å². The van der Waals surface area contributed by atoms with E-state index in [1.165, 1.54) is 4.90 Å². The van der Waals surface area contributed by atoms with Crippen molar-refractivity contribution in [2.24, 2.45) is 11.7 Å². The van der Waals surface area contributed by atoms with E-state index in [0.29, 0.717) is 24.4 Å². The largest absolute Gasteiger partial charge is 0.385 e. The van der Waals surface area contributed by atoms with Crippen molar-refractivity contribution in [3.05, 3.63) is 11.4 Å². The summed E-state index contributed by atoms with van der Waals surface area (Å²) in [6, 6.07) is 0. The highest BCUT2D eigenvalue weighted by atomic mass is 16.2. The Bertz CT molecular complexity index is 369. The molecule has 0 unspecified atom stereocenters. The molecule has 2 aliphatic rings. The summed E-state index contributed by atoms with van der Waals surface area (Å²) < 4.78 is 0. The summed E-state index contributed by atoms with van der Waals surface area (Å²) in [5.41, 5.74) is 6.38. The van der Waals surface area contributed by atoms with Gasteiger partial charge in [-0.3, -0.25) is 14.5 Å². The van der Waals surface area contributed by atoms with E-state index < -0.39 is 0 Å². The van der Waals surface area contributed by atoms with E-state index >= 15 is 0 Å². The number of hydrogen-bond acceptors (Lipinski definition) is 4. The van der Waals surface area contributed by atoms with E-state index in [-0.39, 0.29) is 17.7 Å². The Kier molecular flexibility index (Phi) is 2.61. The van der Waals surface area contributed by atoms with Crippen LogP contribution < -0.4 is 5.73 Å². The van der Waals surface area contributed by atoms with Gasteiger partial charge in [0.15, 0.2) is 0 Å². The van der Waals surface area contributed by atoms with E-state index in [1.807, 2.05) is 0 Å². The molecule has 5 nitrogen and oxygen atoms in total. The zero-order chi connectivity index (χ0) is 11.9. The van der Waals surface area contributed by atoms with E-state index in [1.54, 1.807) is 19.0 Å². The van der Waals surface area contributed by atoms with Crippen LogP contribution in [-0.4, -0.2) is 42.3 Å².